The number of nitrogens with one attached hydrogen (secondary N) is 1. The Hall–Kier alpha value is -3.07. The first-order chi connectivity index (χ1) is 18.0. The molecule has 0 bridgehead atoms. The van der Waals surface area contributed by atoms with E-state index in [9.17, 15) is 18.0 Å². The maximum atomic E-state index is 13.8. The number of carbonyl (C=O) groups excluding carboxylic acids is 2. The second kappa shape index (κ2) is 13.1. The van der Waals surface area contributed by atoms with Crippen LogP contribution in [-0.4, -0.2) is 44.3 Å². The average molecular weight is 577 g/mol. The SMILES string of the molecule is CC(C)CNC(=O)[C@H](C)N(Cc1ccccc1Cl)C(=O)CN(c1ccccc1)S(=O)(=O)c1ccc(Cl)cc1. The minimum Gasteiger partial charge on any atom is -0.354 e. The number of amides is 2. The smallest absolute Gasteiger partial charge is 0.264 e. The predicted molar refractivity (Wildman–Crippen MR) is 152 cm³/mol. The van der Waals surface area contributed by atoms with Gasteiger partial charge in [-0.25, -0.2) is 8.42 Å². The molecule has 0 spiro atoms. The van der Waals surface area contributed by atoms with Crippen LogP contribution in [0.4, 0.5) is 5.69 Å². The van der Waals surface area contributed by atoms with E-state index in [1.165, 1.54) is 29.2 Å². The fourth-order valence-electron chi connectivity index (χ4n) is 3.70. The van der Waals surface area contributed by atoms with Gasteiger partial charge in [-0.3, -0.25) is 13.9 Å². The maximum absolute atomic E-state index is 13.8. The van der Waals surface area contributed by atoms with Crippen LogP contribution in [0.1, 0.15) is 26.3 Å². The highest BCUT2D eigenvalue weighted by Crippen LogP contribution is 2.26. The van der Waals surface area contributed by atoms with E-state index in [0.29, 0.717) is 27.8 Å². The molecule has 7 nitrogen and oxygen atoms in total. The van der Waals surface area contributed by atoms with Gasteiger partial charge in [0.05, 0.1) is 10.6 Å². The molecule has 0 aliphatic heterocycles. The monoisotopic (exact) mass is 575 g/mol. The summed E-state index contributed by atoms with van der Waals surface area (Å²) in [5, 5.41) is 3.68. The van der Waals surface area contributed by atoms with E-state index in [1.54, 1.807) is 61.5 Å². The molecule has 38 heavy (non-hydrogen) atoms. The molecule has 0 aliphatic rings. The van der Waals surface area contributed by atoms with Crippen molar-refractivity contribution in [3.63, 3.8) is 0 Å². The number of nitrogens with zero attached hydrogens (tertiary/aromatic N) is 2. The van der Waals surface area contributed by atoms with Crippen molar-refractivity contribution in [2.75, 3.05) is 17.4 Å². The summed E-state index contributed by atoms with van der Waals surface area (Å²) >= 11 is 12.3. The molecule has 0 aromatic heterocycles. The highest BCUT2D eigenvalue weighted by molar-refractivity contribution is 7.92. The van der Waals surface area contributed by atoms with Gasteiger partial charge in [-0.2, -0.15) is 0 Å². The molecule has 1 N–H and O–H groups in total. The second-order valence-electron chi connectivity index (χ2n) is 9.23. The van der Waals surface area contributed by atoms with Crippen LogP contribution >= 0.6 is 23.2 Å². The first kappa shape index (κ1) is 29.5. The molecule has 2 amide bonds. The van der Waals surface area contributed by atoms with Crippen LogP contribution in [0.2, 0.25) is 10.0 Å². The number of carbonyl (C=O) groups is 2. The molecule has 1 atom stereocenters. The number of benzene rings is 3. The zero-order chi connectivity index (χ0) is 27.9. The molecule has 0 aliphatic carbocycles. The Bertz CT molecular complexity index is 1350. The number of sulfonamides is 1. The molecule has 3 aromatic rings. The van der Waals surface area contributed by atoms with Crippen molar-refractivity contribution in [1.29, 1.82) is 0 Å². The molecule has 10 heteroatoms. The highest BCUT2D eigenvalue weighted by atomic mass is 35.5. The average Bonchev–Trinajstić information content (AvgIpc) is 2.90. The Balaban J connectivity index is 1.99. The van der Waals surface area contributed by atoms with Gasteiger partial charge in [0.1, 0.15) is 12.6 Å². The lowest BCUT2D eigenvalue weighted by Crippen LogP contribution is -2.51. The summed E-state index contributed by atoms with van der Waals surface area (Å²) in [4.78, 5) is 28.2. The van der Waals surface area contributed by atoms with Gasteiger partial charge >= 0.3 is 0 Å². The van der Waals surface area contributed by atoms with Crippen LogP contribution < -0.4 is 9.62 Å². The van der Waals surface area contributed by atoms with Gasteiger partial charge < -0.3 is 10.2 Å². The topological polar surface area (TPSA) is 86.8 Å². The van der Waals surface area contributed by atoms with Crippen molar-refractivity contribution >= 4 is 50.7 Å². The zero-order valence-corrected chi connectivity index (χ0v) is 23.8. The summed E-state index contributed by atoms with van der Waals surface area (Å²) in [6.45, 7) is 5.50. The van der Waals surface area contributed by atoms with Gasteiger partial charge in [-0.15, -0.1) is 0 Å². The molecule has 202 valence electrons. The molecular formula is C28H31Cl2N3O4S. The van der Waals surface area contributed by atoms with Crippen LogP contribution in [0.15, 0.2) is 83.8 Å². The van der Waals surface area contributed by atoms with Crippen molar-refractivity contribution < 1.29 is 18.0 Å². The van der Waals surface area contributed by atoms with Gasteiger partial charge in [-0.05, 0) is 60.9 Å². The van der Waals surface area contributed by atoms with Gasteiger partial charge in [0.15, 0.2) is 0 Å². The van der Waals surface area contributed by atoms with Crippen molar-refractivity contribution in [3.05, 3.63) is 94.5 Å². The fraction of sp³-hybridized carbons (Fsp3) is 0.286. The first-order valence-electron chi connectivity index (χ1n) is 12.1. The van der Waals surface area contributed by atoms with Crippen molar-refractivity contribution in [1.82, 2.24) is 10.2 Å². The molecule has 0 saturated carbocycles. The summed E-state index contributed by atoms with van der Waals surface area (Å²) in [5.74, 6) is -0.679. The lowest BCUT2D eigenvalue weighted by molar-refractivity contribution is -0.139. The van der Waals surface area contributed by atoms with Crippen LogP contribution in [0, 0.1) is 5.92 Å². The minimum absolute atomic E-state index is 0.0149. The number of rotatable bonds is 11. The summed E-state index contributed by atoms with van der Waals surface area (Å²) in [6, 6.07) is 20.2. The Morgan fingerprint density at radius 2 is 1.47 bits per heavy atom. The first-order valence-corrected chi connectivity index (χ1v) is 14.3. The fourth-order valence-corrected chi connectivity index (χ4v) is 5.44. The van der Waals surface area contributed by atoms with Gasteiger partial charge in [-0.1, -0.05) is 73.4 Å². The van der Waals surface area contributed by atoms with E-state index in [0.717, 1.165) is 4.31 Å². The van der Waals surface area contributed by atoms with Crippen molar-refractivity contribution in [2.24, 2.45) is 5.92 Å². The normalized spacial score (nSPS) is 12.2. The van der Waals surface area contributed by atoms with E-state index in [-0.39, 0.29) is 23.3 Å². The third-order valence-corrected chi connectivity index (χ3v) is 8.28. The molecule has 0 unspecified atom stereocenters. The number of anilines is 1. The maximum Gasteiger partial charge on any atom is 0.264 e. The molecular weight excluding hydrogens is 545 g/mol. The lowest BCUT2D eigenvalue weighted by atomic mass is 10.1. The third-order valence-electron chi connectivity index (χ3n) is 5.88. The van der Waals surface area contributed by atoms with Gasteiger partial charge in [0.25, 0.3) is 10.0 Å². The summed E-state index contributed by atoms with van der Waals surface area (Å²) in [7, 11) is -4.15. The summed E-state index contributed by atoms with van der Waals surface area (Å²) in [6.07, 6.45) is 0. The Morgan fingerprint density at radius 3 is 2.08 bits per heavy atom. The Morgan fingerprint density at radius 1 is 0.868 bits per heavy atom. The number of hydrogen-bond donors (Lipinski definition) is 1. The molecule has 3 rings (SSSR count). The van der Waals surface area contributed by atoms with Crippen LogP contribution in [0.5, 0.6) is 0 Å². The number of halogens is 2. The zero-order valence-electron chi connectivity index (χ0n) is 21.5. The highest BCUT2D eigenvalue weighted by Gasteiger charge is 2.32. The number of para-hydroxylation sites is 1. The largest absolute Gasteiger partial charge is 0.354 e. The predicted octanol–water partition coefficient (Wildman–Crippen LogP) is 5.38. The lowest BCUT2D eigenvalue weighted by Gasteiger charge is -2.32. The summed E-state index contributed by atoms with van der Waals surface area (Å²) < 4.78 is 28.5. The third kappa shape index (κ3) is 7.49. The van der Waals surface area contributed by atoms with Gasteiger partial charge in [0.2, 0.25) is 11.8 Å². The molecule has 0 heterocycles. The van der Waals surface area contributed by atoms with Crippen LogP contribution in [0.25, 0.3) is 0 Å². The van der Waals surface area contributed by atoms with Crippen molar-refractivity contribution in [2.45, 2.75) is 38.3 Å². The Labute approximate surface area is 234 Å². The molecule has 0 saturated heterocycles. The Kier molecular flexibility index (Phi) is 10.2. The van der Waals surface area contributed by atoms with Gasteiger partial charge in [0, 0.05) is 23.1 Å². The number of hydrogen-bond acceptors (Lipinski definition) is 4. The molecule has 0 fully saturated rings. The second-order valence-corrected chi connectivity index (χ2v) is 11.9. The van der Waals surface area contributed by atoms with E-state index >= 15 is 0 Å². The van der Waals surface area contributed by atoms with E-state index in [1.807, 2.05) is 13.8 Å². The van der Waals surface area contributed by atoms with Crippen LogP contribution in [-0.2, 0) is 26.2 Å². The van der Waals surface area contributed by atoms with Crippen LogP contribution in [0.3, 0.4) is 0 Å². The van der Waals surface area contributed by atoms with Crippen molar-refractivity contribution in [3.8, 4) is 0 Å². The minimum atomic E-state index is -4.15. The summed E-state index contributed by atoms with van der Waals surface area (Å²) in [5.41, 5.74) is 0.947. The van der Waals surface area contributed by atoms with E-state index < -0.39 is 28.5 Å². The quantitative estimate of drug-likeness (QED) is 0.332. The molecule has 3 aromatic carbocycles. The standard InChI is InChI=1S/C28H31Cl2N3O4S/c1-20(2)17-31-28(35)21(3)32(18-22-9-7-8-12-26(22)30)27(34)19-33(24-10-5-4-6-11-24)38(36,37)25-15-13-23(29)14-16-25/h4-16,20-21H,17-19H2,1-3H3,(H,31,35)/t21-/m0/s1. The van der Waals surface area contributed by atoms with E-state index in [2.05, 4.69) is 5.32 Å². The van der Waals surface area contributed by atoms with E-state index in [4.69, 9.17) is 23.2 Å². The molecule has 0 radical (unpaired) electrons.